The summed E-state index contributed by atoms with van der Waals surface area (Å²) in [5.41, 5.74) is 1.41. The SMILES string of the molecule is CCNc1cnccc1C(=O)NC1CCCOC1. The molecule has 2 rings (SSSR count). The van der Waals surface area contributed by atoms with Crippen LogP contribution in [0.25, 0.3) is 0 Å². The van der Waals surface area contributed by atoms with Crippen LogP contribution >= 0.6 is 0 Å². The zero-order chi connectivity index (χ0) is 12.8. The van der Waals surface area contributed by atoms with Gasteiger partial charge in [-0.05, 0) is 25.8 Å². The van der Waals surface area contributed by atoms with E-state index in [0.717, 1.165) is 31.7 Å². The first-order valence-corrected chi connectivity index (χ1v) is 6.37. The maximum Gasteiger partial charge on any atom is 0.253 e. The van der Waals surface area contributed by atoms with Crippen molar-refractivity contribution in [2.75, 3.05) is 25.1 Å². The van der Waals surface area contributed by atoms with E-state index in [1.165, 1.54) is 0 Å². The normalized spacial score (nSPS) is 19.3. The lowest BCUT2D eigenvalue weighted by atomic mass is 10.1. The van der Waals surface area contributed by atoms with Gasteiger partial charge in [0.25, 0.3) is 5.91 Å². The number of aromatic nitrogens is 1. The van der Waals surface area contributed by atoms with Gasteiger partial charge in [-0.3, -0.25) is 9.78 Å². The third-order valence-electron chi connectivity index (χ3n) is 2.93. The Hall–Kier alpha value is -1.62. The van der Waals surface area contributed by atoms with Gasteiger partial charge in [0, 0.05) is 19.3 Å². The van der Waals surface area contributed by atoms with Gasteiger partial charge in [-0.1, -0.05) is 0 Å². The summed E-state index contributed by atoms with van der Waals surface area (Å²) in [6.07, 6.45) is 5.29. The number of carbonyl (C=O) groups is 1. The molecule has 1 unspecified atom stereocenters. The molecule has 98 valence electrons. The summed E-state index contributed by atoms with van der Waals surface area (Å²) in [6, 6.07) is 1.85. The molecular formula is C13H19N3O2. The van der Waals surface area contributed by atoms with Gasteiger partial charge in [0.2, 0.25) is 0 Å². The number of rotatable bonds is 4. The predicted molar refractivity (Wildman–Crippen MR) is 69.7 cm³/mol. The van der Waals surface area contributed by atoms with Crippen LogP contribution < -0.4 is 10.6 Å². The number of hydrogen-bond donors (Lipinski definition) is 2. The Morgan fingerprint density at radius 3 is 3.22 bits per heavy atom. The first-order chi connectivity index (χ1) is 8.81. The van der Waals surface area contributed by atoms with Crippen LogP contribution in [0.5, 0.6) is 0 Å². The van der Waals surface area contributed by atoms with E-state index < -0.39 is 0 Å². The first kappa shape index (κ1) is 12.8. The lowest BCUT2D eigenvalue weighted by Gasteiger charge is -2.23. The largest absolute Gasteiger partial charge is 0.383 e. The highest BCUT2D eigenvalue weighted by Crippen LogP contribution is 2.14. The molecule has 5 heteroatoms. The van der Waals surface area contributed by atoms with Gasteiger partial charge in [-0.25, -0.2) is 0 Å². The van der Waals surface area contributed by atoms with Gasteiger partial charge in [-0.15, -0.1) is 0 Å². The van der Waals surface area contributed by atoms with E-state index in [1.807, 2.05) is 6.92 Å². The number of ether oxygens (including phenoxy) is 1. The molecule has 1 saturated heterocycles. The highest BCUT2D eigenvalue weighted by molar-refractivity contribution is 5.99. The van der Waals surface area contributed by atoms with Gasteiger partial charge >= 0.3 is 0 Å². The number of hydrogen-bond acceptors (Lipinski definition) is 4. The molecule has 1 aromatic heterocycles. The van der Waals surface area contributed by atoms with E-state index in [2.05, 4.69) is 15.6 Å². The average molecular weight is 249 g/mol. The lowest BCUT2D eigenvalue weighted by Crippen LogP contribution is -2.40. The number of pyridine rings is 1. The van der Waals surface area contributed by atoms with Crippen molar-refractivity contribution in [2.24, 2.45) is 0 Å². The van der Waals surface area contributed by atoms with Crippen LogP contribution in [-0.4, -0.2) is 36.7 Å². The molecule has 1 fully saturated rings. The second-order valence-electron chi connectivity index (χ2n) is 4.34. The van der Waals surface area contributed by atoms with E-state index in [-0.39, 0.29) is 11.9 Å². The molecule has 0 bridgehead atoms. The second-order valence-corrected chi connectivity index (χ2v) is 4.34. The molecule has 1 aliphatic heterocycles. The zero-order valence-corrected chi connectivity index (χ0v) is 10.6. The Kier molecular flexibility index (Phi) is 4.52. The fraction of sp³-hybridized carbons (Fsp3) is 0.538. The summed E-state index contributed by atoms with van der Waals surface area (Å²) in [5.74, 6) is -0.0659. The van der Waals surface area contributed by atoms with Crippen LogP contribution in [0.4, 0.5) is 5.69 Å². The smallest absolute Gasteiger partial charge is 0.253 e. The molecule has 1 amide bonds. The molecule has 1 aromatic rings. The van der Waals surface area contributed by atoms with Crippen molar-refractivity contribution < 1.29 is 9.53 Å². The summed E-state index contributed by atoms with van der Waals surface area (Å²) in [5, 5.41) is 6.14. The third-order valence-corrected chi connectivity index (χ3v) is 2.93. The first-order valence-electron chi connectivity index (χ1n) is 6.37. The molecule has 0 aliphatic carbocycles. The number of anilines is 1. The van der Waals surface area contributed by atoms with Crippen molar-refractivity contribution >= 4 is 11.6 Å². The maximum absolute atomic E-state index is 12.2. The summed E-state index contributed by atoms with van der Waals surface area (Å²) < 4.78 is 5.35. The van der Waals surface area contributed by atoms with Gasteiger partial charge in [0.1, 0.15) is 0 Å². The Morgan fingerprint density at radius 1 is 1.61 bits per heavy atom. The van der Waals surface area contributed by atoms with Crippen LogP contribution in [0.2, 0.25) is 0 Å². The maximum atomic E-state index is 12.2. The van der Waals surface area contributed by atoms with Crippen molar-refractivity contribution in [1.29, 1.82) is 0 Å². The molecule has 0 aromatic carbocycles. The van der Waals surface area contributed by atoms with Gasteiger partial charge in [-0.2, -0.15) is 0 Å². The van der Waals surface area contributed by atoms with E-state index in [4.69, 9.17) is 4.74 Å². The van der Waals surface area contributed by atoms with E-state index in [0.29, 0.717) is 12.2 Å². The lowest BCUT2D eigenvalue weighted by molar-refractivity contribution is 0.0624. The Balaban J connectivity index is 2.03. The minimum Gasteiger partial charge on any atom is -0.383 e. The average Bonchev–Trinajstić information content (AvgIpc) is 2.41. The molecule has 1 aliphatic rings. The topological polar surface area (TPSA) is 63.2 Å². The number of nitrogens with one attached hydrogen (secondary N) is 2. The molecular weight excluding hydrogens is 230 g/mol. The number of nitrogens with zero attached hydrogens (tertiary/aromatic N) is 1. The third kappa shape index (κ3) is 3.20. The van der Waals surface area contributed by atoms with Gasteiger partial charge < -0.3 is 15.4 Å². The molecule has 5 nitrogen and oxygen atoms in total. The molecule has 18 heavy (non-hydrogen) atoms. The standard InChI is InChI=1S/C13H19N3O2/c1-2-15-12-8-14-6-5-11(12)13(17)16-10-4-3-7-18-9-10/h5-6,8,10,15H,2-4,7,9H2,1H3,(H,16,17). The Morgan fingerprint density at radius 2 is 2.50 bits per heavy atom. The summed E-state index contributed by atoms with van der Waals surface area (Å²) in [6.45, 7) is 4.15. The van der Waals surface area contributed by atoms with E-state index >= 15 is 0 Å². The van der Waals surface area contributed by atoms with Crippen LogP contribution in [-0.2, 0) is 4.74 Å². The second kappa shape index (κ2) is 6.35. The van der Waals surface area contributed by atoms with Crippen LogP contribution in [0.15, 0.2) is 18.5 Å². The predicted octanol–water partition coefficient (Wildman–Crippen LogP) is 1.42. The van der Waals surface area contributed by atoms with Crippen LogP contribution in [0.3, 0.4) is 0 Å². The molecule has 2 N–H and O–H groups in total. The zero-order valence-electron chi connectivity index (χ0n) is 10.6. The summed E-state index contributed by atoms with van der Waals surface area (Å²) in [7, 11) is 0. The summed E-state index contributed by atoms with van der Waals surface area (Å²) >= 11 is 0. The van der Waals surface area contributed by atoms with Crippen LogP contribution in [0.1, 0.15) is 30.1 Å². The number of carbonyl (C=O) groups excluding carboxylic acids is 1. The van der Waals surface area contributed by atoms with Crippen molar-refractivity contribution in [3.8, 4) is 0 Å². The Bertz CT molecular complexity index is 403. The molecule has 0 saturated carbocycles. The molecule has 0 radical (unpaired) electrons. The molecule has 2 heterocycles. The van der Waals surface area contributed by atoms with E-state index in [1.54, 1.807) is 18.5 Å². The van der Waals surface area contributed by atoms with Crippen molar-refractivity contribution in [3.63, 3.8) is 0 Å². The van der Waals surface area contributed by atoms with Gasteiger partial charge in [0.15, 0.2) is 0 Å². The quantitative estimate of drug-likeness (QED) is 0.847. The highest BCUT2D eigenvalue weighted by Gasteiger charge is 2.18. The van der Waals surface area contributed by atoms with Crippen molar-refractivity contribution in [1.82, 2.24) is 10.3 Å². The fourth-order valence-corrected chi connectivity index (χ4v) is 2.04. The molecule has 1 atom stereocenters. The minimum atomic E-state index is -0.0659. The highest BCUT2D eigenvalue weighted by atomic mass is 16.5. The van der Waals surface area contributed by atoms with Crippen molar-refractivity contribution in [3.05, 3.63) is 24.0 Å². The summed E-state index contributed by atoms with van der Waals surface area (Å²) in [4.78, 5) is 16.2. The monoisotopic (exact) mass is 249 g/mol. The molecule has 0 spiro atoms. The van der Waals surface area contributed by atoms with Gasteiger partial charge in [0.05, 0.1) is 30.1 Å². The number of amides is 1. The fourth-order valence-electron chi connectivity index (χ4n) is 2.04. The minimum absolute atomic E-state index is 0.0659. The van der Waals surface area contributed by atoms with Crippen molar-refractivity contribution in [2.45, 2.75) is 25.8 Å². The van der Waals surface area contributed by atoms with Crippen LogP contribution in [0, 0.1) is 0 Å². The Labute approximate surface area is 107 Å². The van der Waals surface area contributed by atoms with E-state index in [9.17, 15) is 4.79 Å².